The quantitative estimate of drug-likeness (QED) is 0.185. The van der Waals surface area contributed by atoms with Crippen molar-refractivity contribution in [2.24, 2.45) is 4.99 Å². The van der Waals surface area contributed by atoms with E-state index in [4.69, 9.17) is 9.41 Å². The van der Waals surface area contributed by atoms with Gasteiger partial charge < -0.3 is 9.73 Å². The number of aliphatic imine (C=N–C) groups is 1. The van der Waals surface area contributed by atoms with Crippen LogP contribution in [0.3, 0.4) is 0 Å². The van der Waals surface area contributed by atoms with Crippen molar-refractivity contribution in [2.45, 2.75) is 20.8 Å². The molecule has 10 rings (SSSR count). The Kier molecular flexibility index (Phi) is 8.89. The third-order valence-corrected chi connectivity index (χ3v) is 10.5. The smallest absolute Gasteiger partial charge is 0.136 e. The van der Waals surface area contributed by atoms with Gasteiger partial charge in [0.05, 0.1) is 11.4 Å². The molecule has 0 fully saturated rings. The van der Waals surface area contributed by atoms with E-state index < -0.39 is 0 Å². The maximum absolute atomic E-state index is 6.28. The van der Waals surface area contributed by atoms with Crippen molar-refractivity contribution in [1.82, 2.24) is 0 Å². The van der Waals surface area contributed by atoms with Crippen LogP contribution in [0.4, 0.5) is 17.1 Å². The first-order chi connectivity index (χ1) is 27.0. The Balaban J connectivity index is 0.000000513. The van der Waals surface area contributed by atoms with Crippen LogP contribution < -0.4 is 5.32 Å². The number of hydrogen-bond acceptors (Lipinski definition) is 3. The fourth-order valence-electron chi connectivity index (χ4n) is 7.65. The highest BCUT2D eigenvalue weighted by Crippen LogP contribution is 2.50. The minimum atomic E-state index is 0.896. The monoisotopic (exact) mass is 708 g/mol. The second kappa shape index (κ2) is 14.5. The predicted octanol–water partition coefficient (Wildman–Crippen LogP) is 14.8. The van der Waals surface area contributed by atoms with Crippen molar-refractivity contribution in [3.63, 3.8) is 0 Å². The Morgan fingerprint density at radius 1 is 0.491 bits per heavy atom. The van der Waals surface area contributed by atoms with E-state index in [0.717, 1.165) is 61.4 Å². The van der Waals surface area contributed by atoms with Gasteiger partial charge in [-0.1, -0.05) is 157 Å². The van der Waals surface area contributed by atoms with E-state index in [-0.39, 0.29) is 0 Å². The summed E-state index contributed by atoms with van der Waals surface area (Å²) in [5.74, 6) is 0. The molecule has 8 aromatic carbocycles. The molecule has 0 radical (unpaired) electrons. The van der Waals surface area contributed by atoms with Gasteiger partial charge in [-0.3, -0.25) is 4.99 Å². The summed E-state index contributed by atoms with van der Waals surface area (Å²) in [6.07, 6.45) is 0. The van der Waals surface area contributed by atoms with Gasteiger partial charge in [0.15, 0.2) is 0 Å². The van der Waals surface area contributed by atoms with Crippen LogP contribution >= 0.6 is 0 Å². The Morgan fingerprint density at radius 3 is 1.85 bits per heavy atom. The molecule has 1 aliphatic rings. The molecule has 2 heterocycles. The van der Waals surface area contributed by atoms with Gasteiger partial charge in [-0.15, -0.1) is 0 Å². The summed E-state index contributed by atoms with van der Waals surface area (Å²) in [5, 5.41) is 6.17. The topological polar surface area (TPSA) is 37.5 Å². The van der Waals surface area contributed by atoms with E-state index in [1.165, 1.54) is 44.5 Å². The number of anilines is 2. The van der Waals surface area contributed by atoms with Gasteiger partial charge in [0, 0.05) is 38.9 Å². The lowest BCUT2D eigenvalue weighted by molar-refractivity contribution is 0.669. The van der Waals surface area contributed by atoms with Crippen LogP contribution in [0.15, 0.2) is 191 Å². The summed E-state index contributed by atoms with van der Waals surface area (Å²) >= 11 is 0. The Labute approximate surface area is 322 Å². The van der Waals surface area contributed by atoms with Gasteiger partial charge in [0.1, 0.15) is 11.2 Å². The molecule has 0 amide bonds. The molecule has 55 heavy (non-hydrogen) atoms. The van der Waals surface area contributed by atoms with Gasteiger partial charge in [0.25, 0.3) is 0 Å². The van der Waals surface area contributed by atoms with E-state index in [1.807, 2.05) is 42.5 Å². The van der Waals surface area contributed by atoms with Crippen molar-refractivity contribution in [3.05, 3.63) is 199 Å². The van der Waals surface area contributed by atoms with Crippen molar-refractivity contribution >= 4 is 44.7 Å². The first-order valence-corrected chi connectivity index (χ1v) is 18.8. The number of para-hydroxylation sites is 3. The van der Waals surface area contributed by atoms with Crippen molar-refractivity contribution < 1.29 is 4.42 Å². The molecule has 0 unspecified atom stereocenters. The number of hydrogen-bond donors (Lipinski definition) is 1. The van der Waals surface area contributed by atoms with Gasteiger partial charge in [-0.25, -0.2) is 0 Å². The van der Waals surface area contributed by atoms with Crippen LogP contribution in [0.25, 0.3) is 66.4 Å². The van der Waals surface area contributed by atoms with Crippen molar-refractivity contribution in [1.29, 1.82) is 0 Å². The van der Waals surface area contributed by atoms with Crippen molar-refractivity contribution in [3.8, 4) is 44.5 Å². The maximum Gasteiger partial charge on any atom is 0.136 e. The highest BCUT2D eigenvalue weighted by atomic mass is 16.3. The second-order valence-corrected chi connectivity index (χ2v) is 14.2. The first-order valence-electron chi connectivity index (χ1n) is 18.8. The summed E-state index contributed by atoms with van der Waals surface area (Å²) in [4.78, 5) is 4.90. The second-order valence-electron chi connectivity index (χ2n) is 14.2. The van der Waals surface area contributed by atoms with Gasteiger partial charge in [-0.05, 0) is 90.0 Å². The SMILES string of the molecule is CC(=Nc1ccccc1C)c1ccc(-c2ccc3c(c2)-c2ccccc2-c2cccc(-c4cccc5oc6ccccc6c45)c2N3)cc1.Cc1ccccc1. The van der Waals surface area contributed by atoms with E-state index >= 15 is 0 Å². The molecule has 0 saturated carbocycles. The lowest BCUT2D eigenvalue weighted by Crippen LogP contribution is -1.96. The van der Waals surface area contributed by atoms with Crippen LogP contribution in [0, 0.1) is 13.8 Å². The largest absolute Gasteiger partial charge is 0.456 e. The van der Waals surface area contributed by atoms with Crippen LogP contribution in [0.1, 0.15) is 23.6 Å². The minimum Gasteiger partial charge on any atom is -0.456 e. The lowest BCUT2D eigenvalue weighted by atomic mass is 9.90. The van der Waals surface area contributed by atoms with Gasteiger partial charge >= 0.3 is 0 Å². The summed E-state index contributed by atoms with van der Waals surface area (Å²) in [7, 11) is 0. The average molecular weight is 709 g/mol. The van der Waals surface area contributed by atoms with E-state index in [2.05, 4.69) is 166 Å². The third-order valence-electron chi connectivity index (χ3n) is 10.5. The molecule has 1 N–H and O–H groups in total. The normalized spacial score (nSPS) is 11.8. The predicted molar refractivity (Wildman–Crippen MR) is 233 cm³/mol. The van der Waals surface area contributed by atoms with Crippen LogP contribution in [0.5, 0.6) is 0 Å². The number of aryl methyl sites for hydroxylation is 2. The highest BCUT2D eigenvalue weighted by molar-refractivity contribution is 6.15. The molecule has 0 spiro atoms. The third kappa shape index (κ3) is 6.51. The average Bonchev–Trinajstić information content (AvgIpc) is 3.55. The van der Waals surface area contributed by atoms with Crippen molar-refractivity contribution in [2.75, 3.05) is 5.32 Å². The zero-order valence-electron chi connectivity index (χ0n) is 31.2. The van der Waals surface area contributed by atoms with E-state index in [9.17, 15) is 0 Å². The molecule has 3 heteroatoms. The molecular formula is C52H40N2O. The van der Waals surface area contributed by atoms with E-state index in [1.54, 1.807) is 0 Å². The maximum atomic E-state index is 6.28. The molecule has 0 aliphatic carbocycles. The van der Waals surface area contributed by atoms with Crippen LogP contribution in [0.2, 0.25) is 0 Å². The Bertz CT molecular complexity index is 2860. The van der Waals surface area contributed by atoms with Crippen LogP contribution in [-0.2, 0) is 0 Å². The molecular weight excluding hydrogens is 669 g/mol. The standard InChI is InChI=1S/C45H32N2O.C7H8/c1-28-11-3-7-18-40(28)46-29(2)30-21-23-31(24-22-30)32-25-26-41-39(27-32)34-13-5-4-12-33(34)36-16-9-17-37(45(36)47-41)35-15-10-20-43-44(35)38-14-6-8-19-42(38)48-43;1-7-5-3-2-4-6-7/h3-27,47H,1-2H3;2-6H,1H3. The Hall–Kier alpha value is -6.97. The summed E-state index contributed by atoms with van der Waals surface area (Å²) < 4.78 is 6.28. The molecule has 0 atom stereocenters. The number of benzene rings is 8. The fraction of sp³-hybridized carbons (Fsp3) is 0.0577. The number of rotatable bonds is 4. The molecule has 1 aromatic heterocycles. The summed E-state index contributed by atoms with van der Waals surface area (Å²) in [6, 6.07) is 64.0. The highest BCUT2D eigenvalue weighted by Gasteiger charge is 2.23. The Morgan fingerprint density at radius 2 is 1.09 bits per heavy atom. The van der Waals surface area contributed by atoms with Crippen LogP contribution in [-0.4, -0.2) is 5.71 Å². The minimum absolute atomic E-state index is 0.896. The molecule has 264 valence electrons. The summed E-state index contributed by atoms with van der Waals surface area (Å²) in [6.45, 7) is 6.26. The number of nitrogens with zero attached hydrogens (tertiary/aromatic N) is 1. The zero-order chi connectivity index (χ0) is 37.3. The molecule has 1 aliphatic heterocycles. The molecule has 3 nitrogen and oxygen atoms in total. The number of fused-ring (bicyclic) bond motifs is 8. The van der Waals surface area contributed by atoms with Gasteiger partial charge in [0.2, 0.25) is 0 Å². The van der Waals surface area contributed by atoms with E-state index in [0.29, 0.717) is 0 Å². The first kappa shape index (κ1) is 33.8. The molecule has 0 bridgehead atoms. The summed E-state index contributed by atoms with van der Waals surface area (Å²) in [5.41, 5.74) is 19.0. The zero-order valence-corrected chi connectivity index (χ0v) is 31.2. The molecule has 9 aromatic rings. The lowest BCUT2D eigenvalue weighted by Gasteiger charge is -2.17. The molecule has 0 saturated heterocycles. The number of furan rings is 1. The number of nitrogens with one attached hydrogen (secondary N) is 1. The van der Waals surface area contributed by atoms with Gasteiger partial charge in [-0.2, -0.15) is 0 Å². The fourth-order valence-corrected chi connectivity index (χ4v) is 7.65.